The fourth-order valence-corrected chi connectivity index (χ4v) is 6.23. The Morgan fingerprint density at radius 2 is 0.773 bits per heavy atom. The lowest BCUT2D eigenvalue weighted by Crippen LogP contribution is -1.94. The van der Waals surface area contributed by atoms with Crippen molar-refractivity contribution in [1.82, 2.24) is 15.0 Å². The first-order chi connectivity index (χ1) is 21.8. The van der Waals surface area contributed by atoms with Crippen LogP contribution in [0.2, 0.25) is 0 Å². The van der Waals surface area contributed by atoms with Gasteiger partial charge in [-0.3, -0.25) is 9.97 Å². The predicted molar refractivity (Wildman–Crippen MR) is 182 cm³/mol. The molecule has 0 aliphatic heterocycles. The first-order valence-electron chi connectivity index (χ1n) is 14.8. The van der Waals surface area contributed by atoms with Crippen LogP contribution in [0.3, 0.4) is 0 Å². The van der Waals surface area contributed by atoms with E-state index in [-0.39, 0.29) is 0 Å². The number of hydrogen-bond donors (Lipinski definition) is 0. The molecule has 3 heterocycles. The summed E-state index contributed by atoms with van der Waals surface area (Å²) in [4.78, 5) is 13.5. The SMILES string of the molecule is c1ccc(-c2ccccc2-c2cc3ccccc3c3ccccc23)c(-c2cc(-c3ccncc3)nc(-c3ccncc3)c2)c1. The van der Waals surface area contributed by atoms with Gasteiger partial charge in [-0.05, 0) is 97.4 Å². The molecule has 0 atom stereocenters. The van der Waals surface area contributed by atoms with Gasteiger partial charge in [0.2, 0.25) is 0 Å². The number of nitrogens with zero attached hydrogens (tertiary/aromatic N) is 3. The maximum absolute atomic E-state index is 5.07. The lowest BCUT2D eigenvalue weighted by Gasteiger charge is -2.18. The van der Waals surface area contributed by atoms with Crippen LogP contribution in [-0.4, -0.2) is 15.0 Å². The van der Waals surface area contributed by atoms with Gasteiger partial charge in [-0.15, -0.1) is 0 Å². The van der Waals surface area contributed by atoms with E-state index in [1.165, 1.54) is 43.8 Å². The topological polar surface area (TPSA) is 38.7 Å². The fraction of sp³-hybridized carbons (Fsp3) is 0. The summed E-state index contributed by atoms with van der Waals surface area (Å²) in [5, 5.41) is 5.03. The third-order valence-corrected chi connectivity index (χ3v) is 8.29. The first kappa shape index (κ1) is 25.8. The quantitative estimate of drug-likeness (QED) is 0.196. The highest BCUT2D eigenvalue weighted by atomic mass is 14.7. The van der Waals surface area contributed by atoms with E-state index in [4.69, 9.17) is 4.98 Å². The molecule has 3 nitrogen and oxygen atoms in total. The first-order valence-corrected chi connectivity index (χ1v) is 14.8. The average molecular weight is 562 g/mol. The zero-order chi connectivity index (χ0) is 29.3. The van der Waals surface area contributed by atoms with Crippen molar-refractivity contribution in [2.75, 3.05) is 0 Å². The van der Waals surface area contributed by atoms with Crippen molar-refractivity contribution in [3.8, 4) is 55.9 Å². The zero-order valence-corrected chi connectivity index (χ0v) is 23.9. The highest BCUT2D eigenvalue weighted by Crippen LogP contribution is 2.43. The van der Waals surface area contributed by atoms with Crippen LogP contribution in [0.4, 0.5) is 0 Å². The molecule has 0 aliphatic rings. The average Bonchev–Trinajstić information content (AvgIpc) is 3.12. The van der Waals surface area contributed by atoms with Gasteiger partial charge < -0.3 is 0 Å². The highest BCUT2D eigenvalue weighted by Gasteiger charge is 2.17. The van der Waals surface area contributed by atoms with E-state index < -0.39 is 0 Å². The summed E-state index contributed by atoms with van der Waals surface area (Å²) >= 11 is 0. The number of hydrogen-bond acceptors (Lipinski definition) is 3. The summed E-state index contributed by atoms with van der Waals surface area (Å²) in [6, 6.07) is 49.6. The molecule has 0 aliphatic carbocycles. The Hall–Kier alpha value is -5.93. The second kappa shape index (κ2) is 11.0. The van der Waals surface area contributed by atoms with Gasteiger partial charge in [-0.2, -0.15) is 0 Å². The Morgan fingerprint density at radius 3 is 1.39 bits per heavy atom. The van der Waals surface area contributed by atoms with Gasteiger partial charge in [0, 0.05) is 35.9 Å². The molecule has 0 amide bonds. The van der Waals surface area contributed by atoms with Crippen LogP contribution < -0.4 is 0 Å². The lowest BCUT2D eigenvalue weighted by molar-refractivity contribution is 1.27. The largest absolute Gasteiger partial charge is 0.265 e. The molecule has 44 heavy (non-hydrogen) atoms. The molecule has 0 fully saturated rings. The van der Waals surface area contributed by atoms with Crippen molar-refractivity contribution in [3.63, 3.8) is 0 Å². The molecular weight excluding hydrogens is 534 g/mol. The summed E-state index contributed by atoms with van der Waals surface area (Å²) in [6.07, 6.45) is 7.25. The Kier molecular flexibility index (Phi) is 6.47. The van der Waals surface area contributed by atoms with Gasteiger partial charge in [0.05, 0.1) is 11.4 Å². The molecule has 0 saturated heterocycles. The molecule has 0 radical (unpaired) electrons. The van der Waals surface area contributed by atoms with Crippen molar-refractivity contribution in [2.24, 2.45) is 0 Å². The molecule has 5 aromatic carbocycles. The Morgan fingerprint density at radius 1 is 0.318 bits per heavy atom. The van der Waals surface area contributed by atoms with Gasteiger partial charge in [-0.25, -0.2) is 4.98 Å². The van der Waals surface area contributed by atoms with Crippen LogP contribution in [-0.2, 0) is 0 Å². The summed E-state index contributed by atoms with van der Waals surface area (Å²) in [5.74, 6) is 0. The molecule has 0 N–H and O–H groups in total. The van der Waals surface area contributed by atoms with Gasteiger partial charge >= 0.3 is 0 Å². The monoisotopic (exact) mass is 561 g/mol. The normalized spacial score (nSPS) is 11.2. The van der Waals surface area contributed by atoms with Crippen molar-refractivity contribution in [1.29, 1.82) is 0 Å². The van der Waals surface area contributed by atoms with Gasteiger partial charge in [0.1, 0.15) is 0 Å². The molecule has 0 unspecified atom stereocenters. The minimum atomic E-state index is 0.903. The van der Waals surface area contributed by atoms with Crippen molar-refractivity contribution in [3.05, 3.63) is 164 Å². The molecule has 8 rings (SSSR count). The van der Waals surface area contributed by atoms with Crippen LogP contribution in [0.1, 0.15) is 0 Å². The number of pyridine rings is 3. The van der Waals surface area contributed by atoms with Crippen LogP contribution in [0, 0.1) is 0 Å². The van der Waals surface area contributed by atoms with Crippen molar-refractivity contribution >= 4 is 21.5 Å². The number of benzene rings is 5. The second-order valence-corrected chi connectivity index (χ2v) is 10.9. The smallest absolute Gasteiger partial charge is 0.0716 e. The Labute approximate surface area is 256 Å². The molecular formula is C41H27N3. The summed E-state index contributed by atoms with van der Waals surface area (Å²) < 4.78 is 0. The standard InChI is InChI=1S/C41H27N3/c1-2-10-32-30(9-1)25-39(37-15-7-5-12-34(32)37)38-16-8-6-14-36(38)35-13-4-3-11-33(35)31-26-40(28-17-21-42-22-18-28)44-41(27-31)29-19-23-43-24-20-29/h1-27H. The molecule has 3 heteroatoms. The summed E-state index contributed by atoms with van der Waals surface area (Å²) in [6.45, 7) is 0. The Balaban J connectivity index is 1.37. The molecule has 8 aromatic rings. The van der Waals surface area contributed by atoms with E-state index >= 15 is 0 Å². The van der Waals surface area contributed by atoms with E-state index in [9.17, 15) is 0 Å². The predicted octanol–water partition coefficient (Wildman–Crippen LogP) is 10.5. The highest BCUT2D eigenvalue weighted by molar-refractivity contribution is 6.15. The molecule has 0 spiro atoms. The van der Waals surface area contributed by atoms with Crippen LogP contribution in [0.25, 0.3) is 77.4 Å². The van der Waals surface area contributed by atoms with E-state index in [1.54, 1.807) is 0 Å². The Bertz CT molecular complexity index is 2220. The van der Waals surface area contributed by atoms with E-state index in [0.29, 0.717) is 0 Å². The molecule has 0 bridgehead atoms. The van der Waals surface area contributed by atoms with Gasteiger partial charge in [-0.1, -0.05) is 97.1 Å². The summed E-state index contributed by atoms with van der Waals surface area (Å²) in [5.41, 5.74) is 10.9. The lowest BCUT2D eigenvalue weighted by atomic mass is 9.86. The van der Waals surface area contributed by atoms with E-state index in [0.717, 1.165) is 33.6 Å². The molecule has 206 valence electrons. The zero-order valence-electron chi connectivity index (χ0n) is 23.9. The minimum absolute atomic E-state index is 0.903. The third-order valence-electron chi connectivity index (χ3n) is 8.29. The van der Waals surface area contributed by atoms with Crippen LogP contribution in [0.15, 0.2) is 164 Å². The maximum Gasteiger partial charge on any atom is 0.0716 e. The third kappa shape index (κ3) is 4.61. The van der Waals surface area contributed by atoms with Crippen molar-refractivity contribution < 1.29 is 0 Å². The fourth-order valence-electron chi connectivity index (χ4n) is 6.23. The van der Waals surface area contributed by atoms with Gasteiger partial charge in [0.25, 0.3) is 0 Å². The molecule has 0 saturated carbocycles. The number of aromatic nitrogens is 3. The van der Waals surface area contributed by atoms with Crippen LogP contribution >= 0.6 is 0 Å². The number of fused-ring (bicyclic) bond motifs is 3. The van der Waals surface area contributed by atoms with Crippen molar-refractivity contribution in [2.45, 2.75) is 0 Å². The minimum Gasteiger partial charge on any atom is -0.265 e. The van der Waals surface area contributed by atoms with Gasteiger partial charge in [0.15, 0.2) is 0 Å². The molecule has 3 aromatic heterocycles. The van der Waals surface area contributed by atoms with Crippen LogP contribution in [0.5, 0.6) is 0 Å². The number of rotatable bonds is 5. The van der Waals surface area contributed by atoms with E-state index in [2.05, 4.69) is 125 Å². The summed E-state index contributed by atoms with van der Waals surface area (Å²) in [7, 11) is 0. The van der Waals surface area contributed by atoms with E-state index in [1.807, 2.05) is 49.1 Å². The second-order valence-electron chi connectivity index (χ2n) is 10.9. The maximum atomic E-state index is 5.07.